The number of hydrogen-bond acceptors (Lipinski definition) is 3. The van der Waals surface area contributed by atoms with E-state index in [0.29, 0.717) is 18.7 Å². The minimum absolute atomic E-state index is 0.171. The number of benzene rings is 2. The number of fused-ring (bicyclic) bond motifs is 1. The highest BCUT2D eigenvalue weighted by Crippen LogP contribution is 2.24. The molecule has 1 heterocycles. The molecule has 3 N–H and O–H groups in total. The molecule has 3 aromatic rings. The van der Waals surface area contributed by atoms with Crippen molar-refractivity contribution in [3.63, 3.8) is 0 Å². The lowest BCUT2D eigenvalue weighted by molar-refractivity contribution is -0.125. The lowest BCUT2D eigenvalue weighted by Crippen LogP contribution is -2.33. The molecule has 1 aliphatic rings. The molecule has 0 unspecified atom stereocenters. The first kappa shape index (κ1) is 20.9. The predicted octanol–water partition coefficient (Wildman–Crippen LogP) is 4.46. The lowest BCUT2D eigenvalue weighted by Gasteiger charge is -2.20. The largest absolute Gasteiger partial charge is 0.355 e. The van der Waals surface area contributed by atoms with E-state index in [4.69, 9.17) is 4.98 Å². The van der Waals surface area contributed by atoms with Gasteiger partial charge in [-0.05, 0) is 43.2 Å². The summed E-state index contributed by atoms with van der Waals surface area (Å²) in [5, 5.41) is 8.73. The van der Waals surface area contributed by atoms with Crippen LogP contribution in [-0.4, -0.2) is 28.0 Å². The molecule has 0 atom stereocenters. The number of carbonyl (C=O) groups excluding carboxylic acids is 2. The summed E-state index contributed by atoms with van der Waals surface area (Å²) in [5.41, 5.74) is 3.21. The van der Waals surface area contributed by atoms with Gasteiger partial charge in [-0.2, -0.15) is 0 Å². The smallest absolute Gasteiger partial charge is 0.323 e. The number of para-hydroxylation sites is 1. The Hall–Kier alpha value is -3.35. The van der Waals surface area contributed by atoms with Gasteiger partial charge in [0.05, 0.1) is 11.0 Å². The maximum Gasteiger partial charge on any atom is 0.323 e. The second kappa shape index (κ2) is 9.64. The summed E-state index contributed by atoms with van der Waals surface area (Å²) < 4.78 is 2.04. The average Bonchev–Trinajstić information content (AvgIpc) is 3.09. The molecule has 0 radical (unpaired) electrons. The van der Waals surface area contributed by atoms with E-state index < -0.39 is 0 Å². The van der Waals surface area contributed by atoms with Gasteiger partial charge in [-0.25, -0.2) is 9.78 Å². The molecule has 2 aromatic carbocycles. The Labute approximate surface area is 182 Å². The van der Waals surface area contributed by atoms with Crippen molar-refractivity contribution in [2.24, 2.45) is 13.0 Å². The summed E-state index contributed by atoms with van der Waals surface area (Å²) in [6, 6.07) is 14.7. The molecule has 1 aliphatic carbocycles. The summed E-state index contributed by atoms with van der Waals surface area (Å²) in [5.74, 6) is 1.25. The van der Waals surface area contributed by atoms with E-state index in [2.05, 4.69) is 16.0 Å². The van der Waals surface area contributed by atoms with Crippen LogP contribution in [0.25, 0.3) is 11.0 Å². The molecule has 1 fully saturated rings. The fraction of sp³-hybridized carbons (Fsp3) is 0.375. The molecule has 0 bridgehead atoms. The summed E-state index contributed by atoms with van der Waals surface area (Å²) >= 11 is 0. The fourth-order valence-corrected chi connectivity index (χ4v) is 4.17. The van der Waals surface area contributed by atoms with Crippen molar-refractivity contribution < 1.29 is 9.59 Å². The zero-order valence-electron chi connectivity index (χ0n) is 17.9. The topological polar surface area (TPSA) is 88.1 Å². The van der Waals surface area contributed by atoms with Crippen LogP contribution in [0, 0.1) is 5.92 Å². The Balaban J connectivity index is 1.35. The molecular formula is C24H29N5O2. The maximum atomic E-state index is 12.3. The zero-order valence-corrected chi connectivity index (χ0v) is 17.9. The van der Waals surface area contributed by atoms with E-state index in [0.717, 1.165) is 48.2 Å². The summed E-state index contributed by atoms with van der Waals surface area (Å²) in [7, 11) is 1.98. The molecule has 0 saturated heterocycles. The second-order valence-electron chi connectivity index (χ2n) is 8.11. The Kier molecular flexibility index (Phi) is 6.50. The third-order valence-electron chi connectivity index (χ3n) is 5.89. The van der Waals surface area contributed by atoms with Crippen molar-refractivity contribution in [3.05, 3.63) is 54.4 Å². The molecule has 4 rings (SSSR count). The van der Waals surface area contributed by atoms with Crippen LogP contribution in [0.2, 0.25) is 0 Å². The van der Waals surface area contributed by atoms with Gasteiger partial charge in [0.25, 0.3) is 0 Å². The van der Waals surface area contributed by atoms with E-state index >= 15 is 0 Å². The predicted molar refractivity (Wildman–Crippen MR) is 123 cm³/mol. The summed E-state index contributed by atoms with van der Waals surface area (Å²) in [6.07, 6.45) is 6.23. The van der Waals surface area contributed by atoms with E-state index in [1.54, 1.807) is 0 Å². The fourth-order valence-electron chi connectivity index (χ4n) is 4.17. The highest BCUT2D eigenvalue weighted by atomic mass is 16.2. The summed E-state index contributed by atoms with van der Waals surface area (Å²) in [4.78, 5) is 29.3. The quantitative estimate of drug-likeness (QED) is 0.551. The molecule has 0 aliphatic heterocycles. The van der Waals surface area contributed by atoms with E-state index in [1.807, 2.05) is 60.1 Å². The lowest BCUT2D eigenvalue weighted by atomic mass is 9.89. The molecule has 162 valence electrons. The van der Waals surface area contributed by atoms with Crippen molar-refractivity contribution in [2.75, 3.05) is 17.2 Å². The van der Waals surface area contributed by atoms with Crippen molar-refractivity contribution in [1.82, 2.24) is 14.9 Å². The Morgan fingerprint density at radius 3 is 2.52 bits per heavy atom. The van der Waals surface area contributed by atoms with Crippen LogP contribution in [0.4, 0.5) is 16.2 Å². The van der Waals surface area contributed by atoms with Gasteiger partial charge in [-0.1, -0.05) is 37.5 Å². The van der Waals surface area contributed by atoms with Crippen molar-refractivity contribution >= 4 is 34.3 Å². The maximum absolute atomic E-state index is 12.3. The van der Waals surface area contributed by atoms with Crippen LogP contribution in [0.3, 0.4) is 0 Å². The third-order valence-corrected chi connectivity index (χ3v) is 5.89. The first-order valence-corrected chi connectivity index (χ1v) is 11.0. The highest BCUT2D eigenvalue weighted by molar-refractivity contribution is 6.00. The van der Waals surface area contributed by atoms with Gasteiger partial charge in [0, 0.05) is 37.3 Å². The molecule has 1 saturated carbocycles. The number of anilines is 2. The third kappa shape index (κ3) is 5.23. The molecule has 0 spiro atoms. The number of hydrogen-bond donors (Lipinski definition) is 3. The number of urea groups is 1. The first-order valence-electron chi connectivity index (χ1n) is 11.0. The van der Waals surface area contributed by atoms with E-state index in [1.165, 1.54) is 6.42 Å². The minimum Gasteiger partial charge on any atom is -0.355 e. The van der Waals surface area contributed by atoms with Crippen LogP contribution in [0.5, 0.6) is 0 Å². The standard InChI is InChI=1S/C24H29N5O2/c1-29-21-13-12-19(27-24(31)26-18-10-6-3-7-11-18)16-20(21)28-22(29)14-15-25-23(30)17-8-4-2-5-9-17/h3,6-7,10-13,16-17H,2,4-5,8-9,14-15H2,1H3,(H,25,30)(H2,26,27,31). The number of nitrogens with one attached hydrogen (secondary N) is 3. The number of aromatic nitrogens is 2. The first-order chi connectivity index (χ1) is 15.1. The van der Waals surface area contributed by atoms with Crippen LogP contribution < -0.4 is 16.0 Å². The van der Waals surface area contributed by atoms with Gasteiger partial charge in [-0.15, -0.1) is 0 Å². The van der Waals surface area contributed by atoms with Crippen LogP contribution in [0.1, 0.15) is 37.9 Å². The van der Waals surface area contributed by atoms with Gasteiger partial charge in [0.1, 0.15) is 5.82 Å². The number of imidazole rings is 1. The van der Waals surface area contributed by atoms with Gasteiger partial charge in [-0.3, -0.25) is 4.79 Å². The molecular weight excluding hydrogens is 390 g/mol. The Morgan fingerprint density at radius 1 is 1.00 bits per heavy atom. The zero-order chi connectivity index (χ0) is 21.6. The SMILES string of the molecule is Cn1c(CCNC(=O)C2CCCCC2)nc2cc(NC(=O)Nc3ccccc3)ccc21. The number of rotatable bonds is 6. The molecule has 7 nitrogen and oxygen atoms in total. The van der Waals surface area contributed by atoms with Crippen LogP contribution >= 0.6 is 0 Å². The van der Waals surface area contributed by atoms with E-state index in [-0.39, 0.29) is 17.9 Å². The van der Waals surface area contributed by atoms with Crippen molar-refractivity contribution in [2.45, 2.75) is 38.5 Å². The Morgan fingerprint density at radius 2 is 1.74 bits per heavy atom. The molecule has 31 heavy (non-hydrogen) atoms. The van der Waals surface area contributed by atoms with E-state index in [9.17, 15) is 9.59 Å². The number of aryl methyl sites for hydroxylation is 1. The number of amides is 3. The van der Waals surface area contributed by atoms with Crippen LogP contribution in [-0.2, 0) is 18.3 Å². The van der Waals surface area contributed by atoms with Crippen molar-refractivity contribution in [1.29, 1.82) is 0 Å². The molecule has 1 aromatic heterocycles. The summed E-state index contributed by atoms with van der Waals surface area (Å²) in [6.45, 7) is 0.580. The molecule has 7 heteroatoms. The van der Waals surface area contributed by atoms with Crippen LogP contribution in [0.15, 0.2) is 48.5 Å². The minimum atomic E-state index is -0.299. The van der Waals surface area contributed by atoms with Crippen molar-refractivity contribution in [3.8, 4) is 0 Å². The highest BCUT2D eigenvalue weighted by Gasteiger charge is 2.20. The number of nitrogens with zero attached hydrogens (tertiary/aromatic N) is 2. The van der Waals surface area contributed by atoms with Gasteiger partial charge < -0.3 is 20.5 Å². The average molecular weight is 420 g/mol. The number of carbonyl (C=O) groups is 2. The van der Waals surface area contributed by atoms with Gasteiger partial charge in [0.2, 0.25) is 5.91 Å². The normalized spacial score (nSPS) is 14.4. The molecule has 3 amide bonds. The monoisotopic (exact) mass is 419 g/mol. The second-order valence-corrected chi connectivity index (χ2v) is 8.11. The van der Waals surface area contributed by atoms with Gasteiger partial charge >= 0.3 is 6.03 Å². The Bertz CT molecular complexity index is 1050. The van der Waals surface area contributed by atoms with Gasteiger partial charge in [0.15, 0.2) is 0 Å².